The second-order valence-corrected chi connectivity index (χ2v) is 2.97. The van der Waals surface area contributed by atoms with Crippen LogP contribution in [0.3, 0.4) is 0 Å². The van der Waals surface area contributed by atoms with Gasteiger partial charge in [-0.05, 0) is 38.7 Å². The first-order valence-corrected chi connectivity index (χ1v) is 3.99. The molecule has 1 aliphatic carbocycles. The van der Waals surface area contributed by atoms with Crippen LogP contribution in [0.5, 0.6) is 0 Å². The van der Waals surface area contributed by atoms with E-state index in [2.05, 4.69) is 0 Å². The number of hydrogen-bond acceptors (Lipinski definition) is 1. The molecule has 1 heteroatoms. The fraction of sp³-hybridized carbons (Fsp3) is 0.667. The lowest BCUT2D eigenvalue weighted by molar-refractivity contribution is -0.112. The van der Waals surface area contributed by atoms with Crippen LogP contribution in [-0.2, 0) is 4.79 Å². The Morgan fingerprint density at radius 2 is 1.90 bits per heavy atom. The quantitative estimate of drug-likeness (QED) is 0.509. The van der Waals surface area contributed by atoms with Crippen molar-refractivity contribution >= 4 is 5.78 Å². The number of hydrogen-bond donors (Lipinski definition) is 0. The van der Waals surface area contributed by atoms with Gasteiger partial charge in [-0.3, -0.25) is 4.79 Å². The van der Waals surface area contributed by atoms with E-state index < -0.39 is 0 Å². The molecule has 1 rings (SSSR count). The molecule has 0 atom stereocenters. The molecule has 0 aromatic heterocycles. The van der Waals surface area contributed by atoms with Gasteiger partial charge in [-0.15, -0.1) is 0 Å². The number of ketones is 1. The van der Waals surface area contributed by atoms with Gasteiger partial charge in [0.1, 0.15) is 0 Å². The lowest BCUT2D eigenvalue weighted by atomic mass is 9.94. The van der Waals surface area contributed by atoms with Crippen LogP contribution >= 0.6 is 0 Å². The minimum atomic E-state index is 0.205. The summed E-state index contributed by atoms with van der Waals surface area (Å²) in [5.74, 6) is 0.205. The van der Waals surface area contributed by atoms with Crippen molar-refractivity contribution in [3.63, 3.8) is 0 Å². The average Bonchev–Trinajstić information content (AvgIpc) is 1.88. The SMILES string of the molecule is CC(=O)C=C1CCCCC1. The molecule has 0 bridgehead atoms. The highest BCUT2D eigenvalue weighted by Gasteiger charge is 2.04. The van der Waals surface area contributed by atoms with Crippen molar-refractivity contribution < 1.29 is 4.79 Å². The fourth-order valence-electron chi connectivity index (χ4n) is 1.44. The van der Waals surface area contributed by atoms with E-state index in [4.69, 9.17) is 0 Å². The monoisotopic (exact) mass is 138 g/mol. The van der Waals surface area contributed by atoms with Crippen LogP contribution in [0, 0.1) is 0 Å². The minimum Gasteiger partial charge on any atom is -0.295 e. The summed E-state index contributed by atoms with van der Waals surface area (Å²) in [7, 11) is 0. The van der Waals surface area contributed by atoms with Gasteiger partial charge in [0.05, 0.1) is 0 Å². The third kappa shape index (κ3) is 2.34. The van der Waals surface area contributed by atoms with Gasteiger partial charge in [0, 0.05) is 0 Å². The van der Waals surface area contributed by atoms with E-state index in [-0.39, 0.29) is 5.78 Å². The van der Waals surface area contributed by atoms with Gasteiger partial charge in [-0.1, -0.05) is 12.0 Å². The van der Waals surface area contributed by atoms with E-state index >= 15 is 0 Å². The molecule has 1 fully saturated rings. The van der Waals surface area contributed by atoms with Gasteiger partial charge in [0.2, 0.25) is 0 Å². The Morgan fingerprint density at radius 3 is 2.40 bits per heavy atom. The Kier molecular flexibility index (Phi) is 2.67. The highest BCUT2D eigenvalue weighted by atomic mass is 16.1. The molecule has 0 amide bonds. The van der Waals surface area contributed by atoms with Gasteiger partial charge in [-0.2, -0.15) is 0 Å². The van der Waals surface area contributed by atoms with Crippen molar-refractivity contribution in [2.45, 2.75) is 39.0 Å². The second kappa shape index (κ2) is 3.55. The summed E-state index contributed by atoms with van der Waals surface area (Å²) >= 11 is 0. The molecule has 0 spiro atoms. The normalized spacial score (nSPS) is 18.7. The Morgan fingerprint density at radius 1 is 1.30 bits per heavy atom. The molecule has 1 saturated carbocycles. The summed E-state index contributed by atoms with van der Waals surface area (Å²) in [4.78, 5) is 10.6. The maximum atomic E-state index is 10.6. The zero-order valence-corrected chi connectivity index (χ0v) is 6.52. The number of carbonyl (C=O) groups is 1. The summed E-state index contributed by atoms with van der Waals surface area (Å²) in [6.07, 6.45) is 8.01. The Hall–Kier alpha value is -0.590. The van der Waals surface area contributed by atoms with Crippen molar-refractivity contribution in [2.75, 3.05) is 0 Å². The highest BCUT2D eigenvalue weighted by molar-refractivity contribution is 5.87. The van der Waals surface area contributed by atoms with Crippen LogP contribution < -0.4 is 0 Å². The topological polar surface area (TPSA) is 17.1 Å². The van der Waals surface area contributed by atoms with Gasteiger partial charge < -0.3 is 0 Å². The Balaban J connectivity index is 2.45. The molecule has 0 aromatic rings. The van der Waals surface area contributed by atoms with Crippen LogP contribution in [0.4, 0.5) is 0 Å². The molecule has 10 heavy (non-hydrogen) atoms. The molecule has 0 heterocycles. The molecule has 0 aliphatic heterocycles. The summed E-state index contributed by atoms with van der Waals surface area (Å²) in [6, 6.07) is 0. The predicted molar refractivity (Wildman–Crippen MR) is 41.8 cm³/mol. The first-order valence-electron chi connectivity index (χ1n) is 3.99. The van der Waals surface area contributed by atoms with Crippen LogP contribution in [0.15, 0.2) is 11.6 Å². The third-order valence-corrected chi connectivity index (χ3v) is 1.90. The van der Waals surface area contributed by atoms with E-state index in [0.717, 1.165) is 12.8 Å². The van der Waals surface area contributed by atoms with Crippen LogP contribution in [0.2, 0.25) is 0 Å². The van der Waals surface area contributed by atoms with Crippen LogP contribution in [0.1, 0.15) is 39.0 Å². The molecular weight excluding hydrogens is 124 g/mol. The zero-order chi connectivity index (χ0) is 7.40. The first-order chi connectivity index (χ1) is 4.79. The van der Waals surface area contributed by atoms with Crippen molar-refractivity contribution in [3.05, 3.63) is 11.6 Å². The molecule has 1 nitrogen and oxygen atoms in total. The largest absolute Gasteiger partial charge is 0.295 e. The number of allylic oxidation sites excluding steroid dienone is 2. The molecule has 0 saturated heterocycles. The molecule has 56 valence electrons. The summed E-state index contributed by atoms with van der Waals surface area (Å²) < 4.78 is 0. The van der Waals surface area contributed by atoms with Gasteiger partial charge >= 0.3 is 0 Å². The molecule has 0 aromatic carbocycles. The molecule has 0 unspecified atom stereocenters. The summed E-state index contributed by atoms with van der Waals surface area (Å²) in [6.45, 7) is 1.63. The van der Waals surface area contributed by atoms with Crippen molar-refractivity contribution in [2.24, 2.45) is 0 Å². The Labute approximate surface area is 62.1 Å². The smallest absolute Gasteiger partial charge is 0.152 e. The van der Waals surface area contributed by atoms with Gasteiger partial charge in [0.25, 0.3) is 0 Å². The molecule has 1 aliphatic rings. The van der Waals surface area contributed by atoms with Crippen molar-refractivity contribution in [3.8, 4) is 0 Å². The summed E-state index contributed by atoms with van der Waals surface area (Å²) in [5.41, 5.74) is 1.36. The minimum absolute atomic E-state index is 0.205. The third-order valence-electron chi connectivity index (χ3n) is 1.90. The van der Waals surface area contributed by atoms with Gasteiger partial charge in [0.15, 0.2) is 5.78 Å². The van der Waals surface area contributed by atoms with E-state index in [1.165, 1.54) is 24.8 Å². The first kappa shape index (κ1) is 7.52. The lowest BCUT2D eigenvalue weighted by Gasteiger charge is -2.12. The molecular formula is C9H14O. The average molecular weight is 138 g/mol. The van der Waals surface area contributed by atoms with Gasteiger partial charge in [-0.25, -0.2) is 0 Å². The van der Waals surface area contributed by atoms with E-state index in [0.29, 0.717) is 0 Å². The maximum absolute atomic E-state index is 10.6. The van der Waals surface area contributed by atoms with Crippen molar-refractivity contribution in [1.29, 1.82) is 0 Å². The highest BCUT2D eigenvalue weighted by Crippen LogP contribution is 2.22. The molecule has 0 N–H and O–H groups in total. The van der Waals surface area contributed by atoms with E-state index in [1.54, 1.807) is 13.0 Å². The zero-order valence-electron chi connectivity index (χ0n) is 6.52. The summed E-state index contributed by atoms with van der Waals surface area (Å²) in [5, 5.41) is 0. The van der Waals surface area contributed by atoms with E-state index in [1.807, 2.05) is 0 Å². The van der Waals surface area contributed by atoms with E-state index in [9.17, 15) is 4.79 Å². The van der Waals surface area contributed by atoms with Crippen molar-refractivity contribution in [1.82, 2.24) is 0 Å². The lowest BCUT2D eigenvalue weighted by Crippen LogP contribution is -1.96. The predicted octanol–water partition coefficient (Wildman–Crippen LogP) is 2.47. The second-order valence-electron chi connectivity index (χ2n) is 2.97. The van der Waals surface area contributed by atoms with Crippen LogP contribution in [0.25, 0.3) is 0 Å². The fourth-order valence-corrected chi connectivity index (χ4v) is 1.44. The number of rotatable bonds is 1. The number of carbonyl (C=O) groups excluding carboxylic acids is 1. The standard InChI is InChI=1S/C9H14O/c1-8(10)7-9-5-3-2-4-6-9/h7H,2-6H2,1H3. The Bertz CT molecular complexity index is 148. The maximum Gasteiger partial charge on any atom is 0.152 e. The molecule has 0 radical (unpaired) electrons. The van der Waals surface area contributed by atoms with Crippen LogP contribution in [-0.4, -0.2) is 5.78 Å².